The van der Waals surface area contributed by atoms with Crippen LogP contribution in [-0.4, -0.2) is 29.1 Å². The summed E-state index contributed by atoms with van der Waals surface area (Å²) in [5.41, 5.74) is -0.768. The van der Waals surface area contributed by atoms with Gasteiger partial charge in [0.15, 0.2) is 5.78 Å². The summed E-state index contributed by atoms with van der Waals surface area (Å²) in [5.74, 6) is -0.818. The van der Waals surface area contributed by atoms with Crippen LogP contribution in [0.4, 0.5) is 0 Å². The first-order chi connectivity index (χ1) is 12.4. The van der Waals surface area contributed by atoms with E-state index in [1.165, 1.54) is 38.5 Å². The Morgan fingerprint density at radius 1 is 1.04 bits per heavy atom. The third-order valence-electron chi connectivity index (χ3n) is 4.94. The summed E-state index contributed by atoms with van der Waals surface area (Å²) in [4.78, 5) is 23.1. The number of hydrogen-bond donors (Lipinski definition) is 1. The lowest BCUT2D eigenvalue weighted by Crippen LogP contribution is -2.24. The van der Waals surface area contributed by atoms with Crippen LogP contribution in [0.1, 0.15) is 85.0 Å². The van der Waals surface area contributed by atoms with Crippen molar-refractivity contribution in [2.24, 2.45) is 5.41 Å². The fourth-order valence-corrected chi connectivity index (χ4v) is 2.84. The van der Waals surface area contributed by atoms with Crippen molar-refractivity contribution in [1.29, 1.82) is 0 Å². The summed E-state index contributed by atoms with van der Waals surface area (Å²) >= 11 is 0. The zero-order valence-electron chi connectivity index (χ0n) is 16.7. The van der Waals surface area contributed by atoms with E-state index in [1.54, 1.807) is 19.9 Å². The molecule has 4 nitrogen and oxygen atoms in total. The number of ketones is 1. The molecule has 0 amide bonds. The van der Waals surface area contributed by atoms with Crippen LogP contribution in [0.3, 0.4) is 0 Å². The lowest BCUT2D eigenvalue weighted by atomic mass is 9.87. The molecule has 1 saturated heterocycles. The Kier molecular flexibility index (Phi) is 10.5. The number of carbonyl (C=O) groups excluding carboxylic acids is 1. The summed E-state index contributed by atoms with van der Waals surface area (Å²) in [5, 5.41) is 9.09. The first-order valence-electron chi connectivity index (χ1n) is 10.1. The van der Waals surface area contributed by atoms with Crippen LogP contribution in [0.15, 0.2) is 24.3 Å². The molecular weight excluding hydrogens is 328 g/mol. The van der Waals surface area contributed by atoms with Gasteiger partial charge >= 0.3 is 5.97 Å². The Bertz CT molecular complexity index is 490. The van der Waals surface area contributed by atoms with E-state index in [4.69, 9.17) is 9.84 Å². The average molecular weight is 365 g/mol. The molecular formula is C22H36O4. The molecule has 0 aromatic carbocycles. The second kappa shape index (κ2) is 12.1. The molecule has 0 saturated carbocycles. The van der Waals surface area contributed by atoms with Crippen molar-refractivity contribution in [3.05, 3.63) is 24.3 Å². The molecule has 0 spiro atoms. The fourth-order valence-electron chi connectivity index (χ4n) is 2.84. The fraction of sp³-hybridized carbons (Fsp3) is 0.727. The highest BCUT2D eigenvalue weighted by molar-refractivity contribution is 5.95. The van der Waals surface area contributed by atoms with Crippen molar-refractivity contribution >= 4 is 11.8 Å². The highest BCUT2D eigenvalue weighted by atomic mass is 16.6. The van der Waals surface area contributed by atoms with Crippen LogP contribution in [0.2, 0.25) is 0 Å². The number of rotatable bonds is 15. The minimum absolute atomic E-state index is 0.00699. The van der Waals surface area contributed by atoms with Crippen molar-refractivity contribution in [2.45, 2.75) is 97.2 Å². The smallest absolute Gasteiger partial charge is 0.309 e. The summed E-state index contributed by atoms with van der Waals surface area (Å²) < 4.78 is 5.39. The van der Waals surface area contributed by atoms with Crippen LogP contribution >= 0.6 is 0 Å². The van der Waals surface area contributed by atoms with E-state index in [2.05, 4.69) is 19.1 Å². The largest absolute Gasteiger partial charge is 0.481 e. The Labute approximate surface area is 158 Å². The van der Waals surface area contributed by atoms with Gasteiger partial charge in [-0.2, -0.15) is 0 Å². The van der Waals surface area contributed by atoms with Gasteiger partial charge in [-0.05, 0) is 52.0 Å². The number of unbranched alkanes of at least 4 members (excludes halogenated alkanes) is 6. The molecule has 1 heterocycles. The summed E-state index contributed by atoms with van der Waals surface area (Å²) in [6.45, 7) is 5.63. The SMILES string of the molecule is CCCCCCCC/C=C\C/C=C\C(=O)C1OC1CCC(C)(C)C(=O)O. The van der Waals surface area contributed by atoms with Gasteiger partial charge in [-0.3, -0.25) is 9.59 Å². The normalized spacial score (nSPS) is 20.1. The summed E-state index contributed by atoms with van der Waals surface area (Å²) in [6, 6.07) is 0. The molecule has 0 radical (unpaired) electrons. The number of carboxylic acids is 1. The highest BCUT2D eigenvalue weighted by Gasteiger charge is 2.44. The van der Waals surface area contributed by atoms with E-state index in [1.807, 2.05) is 6.08 Å². The lowest BCUT2D eigenvalue weighted by Gasteiger charge is -2.17. The van der Waals surface area contributed by atoms with E-state index in [0.717, 1.165) is 12.8 Å². The predicted molar refractivity (Wildman–Crippen MR) is 105 cm³/mol. The number of aliphatic carboxylic acids is 1. The molecule has 1 aliphatic rings. The molecule has 26 heavy (non-hydrogen) atoms. The lowest BCUT2D eigenvalue weighted by molar-refractivity contribution is -0.147. The molecule has 1 N–H and O–H groups in total. The number of carboxylic acid groups (broad SMARTS) is 1. The van der Waals surface area contributed by atoms with Crippen molar-refractivity contribution in [3.63, 3.8) is 0 Å². The van der Waals surface area contributed by atoms with Crippen LogP contribution in [0, 0.1) is 5.41 Å². The summed E-state index contributed by atoms with van der Waals surface area (Å²) in [6.07, 6.45) is 18.2. The molecule has 1 aliphatic heterocycles. The molecule has 0 aromatic heterocycles. The van der Waals surface area contributed by atoms with Gasteiger partial charge < -0.3 is 9.84 Å². The van der Waals surface area contributed by atoms with Crippen LogP contribution in [-0.2, 0) is 14.3 Å². The molecule has 0 bridgehead atoms. The quantitative estimate of drug-likeness (QED) is 0.181. The van der Waals surface area contributed by atoms with Crippen molar-refractivity contribution in [2.75, 3.05) is 0 Å². The van der Waals surface area contributed by atoms with Crippen LogP contribution < -0.4 is 0 Å². The third-order valence-corrected chi connectivity index (χ3v) is 4.94. The number of epoxide rings is 1. The van der Waals surface area contributed by atoms with Crippen molar-refractivity contribution in [1.82, 2.24) is 0 Å². The Morgan fingerprint density at radius 3 is 2.42 bits per heavy atom. The van der Waals surface area contributed by atoms with E-state index < -0.39 is 11.4 Å². The van der Waals surface area contributed by atoms with Crippen LogP contribution in [0.25, 0.3) is 0 Å². The molecule has 4 heteroatoms. The first kappa shape index (κ1) is 22.6. The average Bonchev–Trinajstić information content (AvgIpc) is 3.37. The highest BCUT2D eigenvalue weighted by Crippen LogP contribution is 2.33. The van der Waals surface area contributed by atoms with Gasteiger partial charge in [0.1, 0.15) is 6.10 Å². The molecule has 0 aromatic rings. The second-order valence-electron chi connectivity index (χ2n) is 7.89. The molecule has 2 atom stereocenters. The van der Waals surface area contributed by atoms with E-state index in [0.29, 0.717) is 12.8 Å². The molecule has 148 valence electrons. The molecule has 1 rings (SSSR count). The van der Waals surface area contributed by atoms with Gasteiger partial charge in [-0.25, -0.2) is 0 Å². The van der Waals surface area contributed by atoms with Gasteiger partial charge in [0.25, 0.3) is 0 Å². The standard InChI is InChI=1S/C22H36O4/c1-4-5-6-7-8-9-10-11-12-13-14-15-18(23)20-19(26-20)16-17-22(2,3)21(24)25/h11-12,14-15,19-20H,4-10,13,16-17H2,1-3H3,(H,24,25)/b12-11-,15-14-. The number of hydrogen-bond acceptors (Lipinski definition) is 3. The van der Waals surface area contributed by atoms with Gasteiger partial charge in [0, 0.05) is 0 Å². The zero-order valence-corrected chi connectivity index (χ0v) is 16.7. The Morgan fingerprint density at radius 2 is 1.73 bits per heavy atom. The minimum atomic E-state index is -0.811. The number of carbonyl (C=O) groups is 2. The monoisotopic (exact) mass is 364 g/mol. The van der Waals surface area contributed by atoms with Gasteiger partial charge in [-0.15, -0.1) is 0 Å². The van der Waals surface area contributed by atoms with Crippen molar-refractivity contribution in [3.8, 4) is 0 Å². The minimum Gasteiger partial charge on any atom is -0.481 e. The molecule has 2 unspecified atom stereocenters. The van der Waals surface area contributed by atoms with Crippen LogP contribution in [0.5, 0.6) is 0 Å². The maximum Gasteiger partial charge on any atom is 0.309 e. The van der Waals surface area contributed by atoms with E-state index in [9.17, 15) is 9.59 Å². The van der Waals surface area contributed by atoms with E-state index >= 15 is 0 Å². The second-order valence-corrected chi connectivity index (χ2v) is 7.89. The van der Waals surface area contributed by atoms with Gasteiger partial charge in [0.2, 0.25) is 0 Å². The third kappa shape index (κ3) is 9.33. The zero-order chi connectivity index (χ0) is 19.4. The molecule has 0 aliphatic carbocycles. The Balaban J connectivity index is 2.08. The topological polar surface area (TPSA) is 66.9 Å². The van der Waals surface area contributed by atoms with Crippen molar-refractivity contribution < 1.29 is 19.4 Å². The number of ether oxygens (including phenoxy) is 1. The van der Waals surface area contributed by atoms with Gasteiger partial charge in [0.05, 0.1) is 11.5 Å². The maximum atomic E-state index is 12.0. The molecule has 1 fully saturated rings. The van der Waals surface area contributed by atoms with E-state index in [-0.39, 0.29) is 18.0 Å². The number of allylic oxidation sites excluding steroid dienone is 3. The van der Waals surface area contributed by atoms with Gasteiger partial charge in [-0.1, -0.05) is 57.3 Å². The summed E-state index contributed by atoms with van der Waals surface area (Å²) in [7, 11) is 0. The Hall–Kier alpha value is -1.42. The first-order valence-corrected chi connectivity index (χ1v) is 10.1. The maximum absolute atomic E-state index is 12.0. The predicted octanol–water partition coefficient (Wildman–Crippen LogP) is 5.47.